The molecule has 0 atom stereocenters. The summed E-state index contributed by atoms with van der Waals surface area (Å²) in [6.45, 7) is 6.89. The zero-order valence-electron chi connectivity index (χ0n) is 6.46. The maximum atomic E-state index is 5.51. The molecule has 0 aliphatic heterocycles. The predicted molar refractivity (Wildman–Crippen MR) is 44.6 cm³/mol. The molecular weight excluding hydrogens is 126 g/mol. The summed E-state index contributed by atoms with van der Waals surface area (Å²) >= 11 is 0. The zero-order chi connectivity index (χ0) is 8.15. The normalized spacial score (nSPS) is 11.8. The van der Waals surface area contributed by atoms with Crippen LogP contribution in [0.3, 0.4) is 0 Å². The van der Waals surface area contributed by atoms with Gasteiger partial charge in [-0.05, 0) is 12.8 Å². The van der Waals surface area contributed by atoms with Gasteiger partial charge in [0, 0.05) is 14.1 Å². The third-order valence-corrected chi connectivity index (χ3v) is 1.05. The average molecular weight is 139 g/mol. The molecule has 0 aliphatic carbocycles. The van der Waals surface area contributed by atoms with E-state index >= 15 is 0 Å². The number of allylic oxidation sites excluding steroid dienone is 1. The lowest BCUT2D eigenvalue weighted by Gasteiger charge is -2.13. The van der Waals surface area contributed by atoms with E-state index in [9.17, 15) is 0 Å². The van der Waals surface area contributed by atoms with Gasteiger partial charge in [0.05, 0.1) is 5.70 Å². The zero-order valence-corrected chi connectivity index (χ0v) is 6.46. The molecule has 0 saturated carbocycles. The standard InChI is InChI=1S/C7H13N3/c1-5-6(8)7(9-2)10(3)4/h5H,1-2,8H2,3-4H3/b7-6-. The first kappa shape index (κ1) is 8.75. The Morgan fingerprint density at radius 1 is 1.60 bits per heavy atom. The molecule has 10 heavy (non-hydrogen) atoms. The SMILES string of the molecule is C=C/C(N)=C(\N=C)N(C)C. The van der Waals surface area contributed by atoms with Gasteiger partial charge in [-0.2, -0.15) is 0 Å². The van der Waals surface area contributed by atoms with E-state index < -0.39 is 0 Å². The van der Waals surface area contributed by atoms with Gasteiger partial charge in [0.25, 0.3) is 0 Å². The van der Waals surface area contributed by atoms with Crippen LogP contribution >= 0.6 is 0 Å². The molecule has 2 N–H and O–H groups in total. The van der Waals surface area contributed by atoms with Crippen LogP contribution in [0.1, 0.15) is 0 Å². The molecule has 0 amide bonds. The monoisotopic (exact) mass is 139 g/mol. The number of hydrogen-bond acceptors (Lipinski definition) is 3. The molecule has 0 fully saturated rings. The van der Waals surface area contributed by atoms with E-state index in [1.54, 1.807) is 11.0 Å². The van der Waals surface area contributed by atoms with Gasteiger partial charge in [-0.1, -0.05) is 6.58 Å². The molecule has 0 heterocycles. The number of hydrogen-bond donors (Lipinski definition) is 1. The highest BCUT2D eigenvalue weighted by molar-refractivity contribution is 5.31. The highest BCUT2D eigenvalue weighted by Crippen LogP contribution is 2.02. The minimum Gasteiger partial charge on any atom is -0.396 e. The lowest BCUT2D eigenvalue weighted by molar-refractivity contribution is 0.502. The van der Waals surface area contributed by atoms with Crippen LogP contribution in [0.25, 0.3) is 0 Å². The Bertz CT molecular complexity index is 168. The summed E-state index contributed by atoms with van der Waals surface area (Å²) in [5, 5.41) is 0. The first-order valence-electron chi connectivity index (χ1n) is 2.89. The van der Waals surface area contributed by atoms with Crippen LogP contribution in [-0.2, 0) is 0 Å². The van der Waals surface area contributed by atoms with Crippen molar-refractivity contribution in [2.75, 3.05) is 14.1 Å². The Labute approximate surface area is 61.5 Å². The fraction of sp³-hybridized carbons (Fsp3) is 0.286. The fourth-order valence-corrected chi connectivity index (χ4v) is 0.582. The first-order valence-corrected chi connectivity index (χ1v) is 2.89. The van der Waals surface area contributed by atoms with Crippen LogP contribution in [0.4, 0.5) is 0 Å². The summed E-state index contributed by atoms with van der Waals surface area (Å²) in [5.41, 5.74) is 6.06. The molecule has 0 aromatic rings. The molecule has 0 aromatic carbocycles. The quantitative estimate of drug-likeness (QED) is 0.458. The van der Waals surface area contributed by atoms with Gasteiger partial charge in [0.1, 0.15) is 0 Å². The highest BCUT2D eigenvalue weighted by atomic mass is 15.2. The summed E-state index contributed by atoms with van der Waals surface area (Å²) in [6, 6.07) is 0. The Morgan fingerprint density at radius 2 is 2.10 bits per heavy atom. The van der Waals surface area contributed by atoms with Gasteiger partial charge in [-0.25, -0.2) is 4.99 Å². The molecule has 0 spiro atoms. The maximum Gasteiger partial charge on any atom is 0.150 e. The minimum absolute atomic E-state index is 0.542. The van der Waals surface area contributed by atoms with Crippen molar-refractivity contribution < 1.29 is 0 Å². The van der Waals surface area contributed by atoms with Crippen molar-refractivity contribution in [2.45, 2.75) is 0 Å². The van der Waals surface area contributed by atoms with Crippen molar-refractivity contribution in [2.24, 2.45) is 10.7 Å². The van der Waals surface area contributed by atoms with E-state index in [1.165, 1.54) is 0 Å². The van der Waals surface area contributed by atoms with Crippen molar-refractivity contribution in [1.29, 1.82) is 0 Å². The summed E-state index contributed by atoms with van der Waals surface area (Å²) < 4.78 is 0. The van der Waals surface area contributed by atoms with Crippen LogP contribution in [0.15, 0.2) is 29.2 Å². The minimum atomic E-state index is 0.542. The van der Waals surface area contributed by atoms with Gasteiger partial charge in [-0.3, -0.25) is 0 Å². The Morgan fingerprint density at radius 3 is 2.20 bits per heavy atom. The van der Waals surface area contributed by atoms with E-state index in [0.29, 0.717) is 11.5 Å². The van der Waals surface area contributed by atoms with Crippen molar-refractivity contribution >= 4 is 6.72 Å². The highest BCUT2D eigenvalue weighted by Gasteiger charge is 1.98. The maximum absolute atomic E-state index is 5.51. The van der Waals surface area contributed by atoms with Crippen molar-refractivity contribution in [3.63, 3.8) is 0 Å². The lowest BCUT2D eigenvalue weighted by atomic mass is 10.4. The smallest absolute Gasteiger partial charge is 0.150 e. The third kappa shape index (κ3) is 1.93. The van der Waals surface area contributed by atoms with Gasteiger partial charge < -0.3 is 10.6 Å². The molecule has 56 valence electrons. The van der Waals surface area contributed by atoms with Gasteiger partial charge >= 0.3 is 0 Å². The molecule has 0 aliphatic rings. The number of rotatable bonds is 3. The van der Waals surface area contributed by atoms with Crippen molar-refractivity contribution in [1.82, 2.24) is 4.90 Å². The van der Waals surface area contributed by atoms with E-state index in [4.69, 9.17) is 5.73 Å². The Balaban J connectivity index is 4.61. The van der Waals surface area contributed by atoms with Crippen molar-refractivity contribution in [3.8, 4) is 0 Å². The number of nitrogens with two attached hydrogens (primary N) is 1. The van der Waals surface area contributed by atoms with Gasteiger partial charge in [0.15, 0.2) is 5.82 Å². The van der Waals surface area contributed by atoms with E-state index in [-0.39, 0.29) is 0 Å². The van der Waals surface area contributed by atoms with E-state index in [1.807, 2.05) is 14.1 Å². The molecule has 0 unspecified atom stereocenters. The van der Waals surface area contributed by atoms with Crippen LogP contribution in [0, 0.1) is 0 Å². The second kappa shape index (κ2) is 3.71. The molecule has 3 nitrogen and oxygen atoms in total. The molecule has 0 aromatic heterocycles. The predicted octanol–water partition coefficient (Wildman–Crippen LogP) is 0.562. The largest absolute Gasteiger partial charge is 0.396 e. The second-order valence-corrected chi connectivity index (χ2v) is 2.04. The van der Waals surface area contributed by atoms with Crippen LogP contribution in [-0.4, -0.2) is 25.7 Å². The fourth-order valence-electron chi connectivity index (χ4n) is 0.582. The summed E-state index contributed by atoms with van der Waals surface area (Å²) in [4.78, 5) is 5.50. The van der Waals surface area contributed by atoms with E-state index in [0.717, 1.165) is 0 Å². The van der Waals surface area contributed by atoms with Crippen molar-refractivity contribution in [3.05, 3.63) is 24.2 Å². The molecule has 0 rings (SSSR count). The van der Waals surface area contributed by atoms with Gasteiger partial charge in [-0.15, -0.1) is 0 Å². The first-order chi connectivity index (χ1) is 4.63. The van der Waals surface area contributed by atoms with Crippen LogP contribution in [0.2, 0.25) is 0 Å². The summed E-state index contributed by atoms with van der Waals surface area (Å²) in [7, 11) is 3.70. The molecular formula is C7H13N3. The topological polar surface area (TPSA) is 41.6 Å². The molecule has 0 saturated heterocycles. The van der Waals surface area contributed by atoms with Gasteiger partial charge in [0.2, 0.25) is 0 Å². The van der Waals surface area contributed by atoms with Crippen LogP contribution < -0.4 is 5.73 Å². The third-order valence-electron chi connectivity index (χ3n) is 1.05. The summed E-state index contributed by atoms with van der Waals surface area (Å²) in [6.07, 6.45) is 1.55. The molecule has 0 radical (unpaired) electrons. The van der Waals surface area contributed by atoms with Crippen LogP contribution in [0.5, 0.6) is 0 Å². The summed E-state index contributed by atoms with van der Waals surface area (Å²) in [5.74, 6) is 0.648. The average Bonchev–Trinajstić information content (AvgIpc) is 1.88. The molecule has 3 heteroatoms. The number of aliphatic imine (C=N–C) groups is 1. The van der Waals surface area contributed by atoms with E-state index in [2.05, 4.69) is 18.3 Å². The Hall–Kier alpha value is -1.25. The second-order valence-electron chi connectivity index (χ2n) is 2.04. The Kier molecular flexibility index (Phi) is 3.25. The number of nitrogens with zero attached hydrogens (tertiary/aromatic N) is 2. The lowest BCUT2D eigenvalue weighted by Crippen LogP contribution is -2.14. The molecule has 0 bridgehead atoms.